The zero-order valence-electron chi connectivity index (χ0n) is 15.5. The highest BCUT2D eigenvalue weighted by molar-refractivity contribution is 5.91. The van der Waals surface area contributed by atoms with E-state index in [1.165, 1.54) is 6.42 Å². The Balaban J connectivity index is 1.51. The normalized spacial score (nSPS) is 14.9. The van der Waals surface area contributed by atoms with E-state index in [0.29, 0.717) is 11.3 Å². The summed E-state index contributed by atoms with van der Waals surface area (Å²) in [5, 5.41) is 4.03. The van der Waals surface area contributed by atoms with Crippen molar-refractivity contribution in [3.05, 3.63) is 65.2 Å². The molecule has 0 spiro atoms. The van der Waals surface area contributed by atoms with E-state index in [2.05, 4.69) is 10.5 Å². The maximum absolute atomic E-state index is 12.1. The summed E-state index contributed by atoms with van der Waals surface area (Å²) in [4.78, 5) is 24.1. The van der Waals surface area contributed by atoms with Crippen LogP contribution >= 0.6 is 0 Å². The van der Waals surface area contributed by atoms with Gasteiger partial charge < -0.3 is 4.74 Å². The van der Waals surface area contributed by atoms with Crippen LogP contribution in [0.2, 0.25) is 0 Å². The minimum atomic E-state index is -0.392. The molecule has 5 heteroatoms. The Kier molecular flexibility index (Phi) is 6.36. The molecule has 1 aliphatic rings. The molecule has 2 aromatic carbocycles. The van der Waals surface area contributed by atoms with Crippen LogP contribution in [0.3, 0.4) is 0 Å². The van der Waals surface area contributed by atoms with Crippen LogP contribution in [0.5, 0.6) is 5.75 Å². The molecule has 0 aliphatic heterocycles. The van der Waals surface area contributed by atoms with Gasteiger partial charge in [-0.2, -0.15) is 5.10 Å². The summed E-state index contributed by atoms with van der Waals surface area (Å²) in [6.45, 7) is 1.97. The van der Waals surface area contributed by atoms with Crippen LogP contribution in [0.25, 0.3) is 0 Å². The molecule has 0 heterocycles. The molecule has 27 heavy (non-hydrogen) atoms. The summed E-state index contributed by atoms with van der Waals surface area (Å²) < 4.78 is 5.36. The first-order valence-corrected chi connectivity index (χ1v) is 9.33. The van der Waals surface area contributed by atoms with Crippen molar-refractivity contribution in [2.24, 2.45) is 11.0 Å². The molecule has 1 amide bonds. The number of hydrogen-bond donors (Lipinski definition) is 1. The monoisotopic (exact) mass is 364 g/mol. The summed E-state index contributed by atoms with van der Waals surface area (Å²) in [5.74, 6) is 0.147. The molecule has 0 aromatic heterocycles. The second kappa shape index (κ2) is 9.12. The third-order valence-electron chi connectivity index (χ3n) is 4.74. The van der Waals surface area contributed by atoms with Gasteiger partial charge in [-0.1, -0.05) is 37.0 Å². The van der Waals surface area contributed by atoms with Crippen molar-refractivity contribution < 1.29 is 14.3 Å². The van der Waals surface area contributed by atoms with E-state index in [9.17, 15) is 9.59 Å². The number of ether oxygens (including phenoxy) is 1. The highest BCUT2D eigenvalue weighted by Crippen LogP contribution is 2.23. The molecule has 0 bridgehead atoms. The maximum Gasteiger partial charge on any atom is 0.343 e. The average Bonchev–Trinajstić information content (AvgIpc) is 2.70. The zero-order valence-corrected chi connectivity index (χ0v) is 15.5. The minimum Gasteiger partial charge on any atom is -0.423 e. The van der Waals surface area contributed by atoms with Crippen molar-refractivity contribution in [2.75, 3.05) is 0 Å². The lowest BCUT2D eigenvalue weighted by molar-refractivity contribution is -0.125. The molecule has 1 saturated carbocycles. The second-order valence-corrected chi connectivity index (χ2v) is 6.89. The lowest BCUT2D eigenvalue weighted by Crippen LogP contribution is -2.28. The molecule has 0 atom stereocenters. The van der Waals surface area contributed by atoms with Gasteiger partial charge in [0.1, 0.15) is 5.75 Å². The number of esters is 1. The third kappa shape index (κ3) is 5.51. The molecule has 0 unspecified atom stereocenters. The molecule has 1 aliphatic carbocycles. The van der Waals surface area contributed by atoms with Crippen molar-refractivity contribution >= 4 is 18.1 Å². The van der Waals surface area contributed by atoms with Crippen LogP contribution in [-0.2, 0) is 4.79 Å². The summed E-state index contributed by atoms with van der Waals surface area (Å²) in [6.07, 6.45) is 6.93. The Hall–Kier alpha value is -2.95. The van der Waals surface area contributed by atoms with Crippen LogP contribution in [-0.4, -0.2) is 18.1 Å². The van der Waals surface area contributed by atoms with Gasteiger partial charge in [0.25, 0.3) is 0 Å². The fraction of sp³-hybridized carbons (Fsp3) is 0.318. The lowest BCUT2D eigenvalue weighted by Gasteiger charge is -2.19. The molecule has 140 valence electrons. The predicted molar refractivity (Wildman–Crippen MR) is 105 cm³/mol. The van der Waals surface area contributed by atoms with Crippen molar-refractivity contribution in [3.63, 3.8) is 0 Å². The molecule has 5 nitrogen and oxygen atoms in total. The first kappa shape index (κ1) is 18.8. The highest BCUT2D eigenvalue weighted by Gasteiger charge is 2.20. The van der Waals surface area contributed by atoms with E-state index in [-0.39, 0.29) is 11.8 Å². The molecule has 0 saturated heterocycles. The Labute approximate surface area is 159 Å². The first-order chi connectivity index (χ1) is 13.1. The summed E-state index contributed by atoms with van der Waals surface area (Å²) >= 11 is 0. The molecule has 0 radical (unpaired) electrons. The standard InChI is InChI=1S/C22H24N2O3/c1-16-7-11-19(12-8-16)22(26)27-20-13-9-17(10-14-20)15-23-24-21(25)18-5-3-2-4-6-18/h7-15,18H,2-6H2,1H3,(H,24,25)/b23-15-. The Morgan fingerprint density at radius 3 is 2.33 bits per heavy atom. The first-order valence-electron chi connectivity index (χ1n) is 9.33. The number of amides is 1. The van der Waals surface area contributed by atoms with Crippen LogP contribution in [0.1, 0.15) is 53.6 Å². The minimum absolute atomic E-state index is 0.00500. The number of hydrazone groups is 1. The van der Waals surface area contributed by atoms with Crippen molar-refractivity contribution in [2.45, 2.75) is 39.0 Å². The number of rotatable bonds is 5. The van der Waals surface area contributed by atoms with Crippen molar-refractivity contribution in [3.8, 4) is 5.75 Å². The van der Waals surface area contributed by atoms with E-state index < -0.39 is 5.97 Å². The molecule has 3 rings (SSSR count). The molecular weight excluding hydrogens is 340 g/mol. The number of benzene rings is 2. The summed E-state index contributed by atoms with van der Waals surface area (Å²) in [6, 6.07) is 14.2. The van der Waals surface area contributed by atoms with Crippen LogP contribution in [0.15, 0.2) is 53.6 Å². The number of carbonyl (C=O) groups is 2. The maximum atomic E-state index is 12.1. The van der Waals surface area contributed by atoms with E-state index in [1.807, 2.05) is 19.1 Å². The predicted octanol–water partition coefficient (Wildman–Crippen LogP) is 4.24. The van der Waals surface area contributed by atoms with Crippen LogP contribution in [0.4, 0.5) is 0 Å². The lowest BCUT2D eigenvalue weighted by atomic mass is 9.89. The Morgan fingerprint density at radius 1 is 1.00 bits per heavy atom. The van der Waals surface area contributed by atoms with Gasteiger partial charge in [-0.3, -0.25) is 4.79 Å². The molecular formula is C22H24N2O3. The third-order valence-corrected chi connectivity index (χ3v) is 4.74. The fourth-order valence-corrected chi connectivity index (χ4v) is 3.10. The summed E-state index contributed by atoms with van der Waals surface area (Å²) in [7, 11) is 0. The fourth-order valence-electron chi connectivity index (χ4n) is 3.10. The number of nitrogens with zero attached hydrogens (tertiary/aromatic N) is 1. The number of aryl methyl sites for hydroxylation is 1. The van der Waals surface area contributed by atoms with Gasteiger partial charge in [0.2, 0.25) is 5.91 Å². The van der Waals surface area contributed by atoms with Gasteiger partial charge in [0.15, 0.2) is 0 Å². The smallest absolute Gasteiger partial charge is 0.343 e. The van der Waals surface area contributed by atoms with E-state index in [1.54, 1.807) is 42.6 Å². The van der Waals surface area contributed by atoms with Gasteiger partial charge in [-0.25, -0.2) is 10.2 Å². The Bertz CT molecular complexity index is 804. The summed E-state index contributed by atoms with van der Waals surface area (Å²) in [5.41, 5.74) is 5.03. The highest BCUT2D eigenvalue weighted by atomic mass is 16.5. The number of hydrogen-bond acceptors (Lipinski definition) is 4. The molecule has 2 aromatic rings. The zero-order chi connectivity index (χ0) is 19.1. The Morgan fingerprint density at radius 2 is 1.67 bits per heavy atom. The van der Waals surface area contributed by atoms with E-state index in [4.69, 9.17) is 4.74 Å². The van der Waals surface area contributed by atoms with Gasteiger partial charge >= 0.3 is 5.97 Å². The quantitative estimate of drug-likeness (QED) is 0.373. The largest absolute Gasteiger partial charge is 0.423 e. The number of carbonyl (C=O) groups excluding carboxylic acids is 2. The van der Waals surface area contributed by atoms with Crippen molar-refractivity contribution in [1.82, 2.24) is 5.43 Å². The average molecular weight is 364 g/mol. The van der Waals surface area contributed by atoms with Gasteiger partial charge in [0, 0.05) is 5.92 Å². The second-order valence-electron chi connectivity index (χ2n) is 6.89. The SMILES string of the molecule is Cc1ccc(C(=O)Oc2ccc(/C=N\NC(=O)C3CCCCC3)cc2)cc1. The number of nitrogens with one attached hydrogen (secondary N) is 1. The van der Waals surface area contributed by atoms with Crippen molar-refractivity contribution in [1.29, 1.82) is 0 Å². The van der Waals surface area contributed by atoms with E-state index in [0.717, 1.165) is 36.8 Å². The topological polar surface area (TPSA) is 67.8 Å². The van der Waals surface area contributed by atoms with Gasteiger partial charge in [-0.05, 0) is 61.7 Å². The molecule has 1 N–H and O–H groups in total. The molecule has 1 fully saturated rings. The van der Waals surface area contributed by atoms with Gasteiger partial charge in [0.05, 0.1) is 11.8 Å². The van der Waals surface area contributed by atoms with Crippen LogP contribution in [0, 0.1) is 12.8 Å². The van der Waals surface area contributed by atoms with Crippen LogP contribution < -0.4 is 10.2 Å². The van der Waals surface area contributed by atoms with E-state index >= 15 is 0 Å². The van der Waals surface area contributed by atoms with Gasteiger partial charge in [-0.15, -0.1) is 0 Å².